The van der Waals surface area contributed by atoms with Crippen molar-refractivity contribution in [3.63, 3.8) is 0 Å². The molecule has 0 saturated carbocycles. The molecule has 6 nitrogen and oxygen atoms in total. The van der Waals surface area contributed by atoms with E-state index in [1.807, 2.05) is 77.7 Å². The largest absolute Gasteiger partial charge is 0.489 e. The van der Waals surface area contributed by atoms with Crippen LogP contribution < -0.4 is 15.4 Å². The Kier molecular flexibility index (Phi) is 7.59. The minimum atomic E-state index is -0.178. The number of nitrogens with one attached hydrogen (secondary N) is 2. The molecule has 1 saturated heterocycles. The summed E-state index contributed by atoms with van der Waals surface area (Å²) in [6, 6.07) is 24.6. The molecule has 4 rings (SSSR count). The Hall–Kier alpha value is -3.80. The van der Waals surface area contributed by atoms with Gasteiger partial charge in [0.2, 0.25) is 5.91 Å². The predicted molar refractivity (Wildman–Crippen MR) is 131 cm³/mol. The van der Waals surface area contributed by atoms with Crippen LogP contribution in [0.25, 0.3) is 0 Å². The average molecular weight is 444 g/mol. The Morgan fingerprint density at radius 2 is 1.58 bits per heavy atom. The predicted octanol–water partition coefficient (Wildman–Crippen LogP) is 4.94. The summed E-state index contributed by atoms with van der Waals surface area (Å²) in [7, 11) is 0. The number of anilines is 2. The molecule has 1 heterocycles. The number of carbonyl (C=O) groups is 2. The highest BCUT2D eigenvalue weighted by Gasteiger charge is 2.18. The van der Waals surface area contributed by atoms with E-state index in [9.17, 15) is 9.59 Å². The summed E-state index contributed by atoms with van der Waals surface area (Å²) in [5.74, 6) is 0.562. The molecule has 170 valence electrons. The second-order valence-corrected chi connectivity index (χ2v) is 8.14. The topological polar surface area (TPSA) is 70.7 Å². The van der Waals surface area contributed by atoms with Gasteiger partial charge in [0.15, 0.2) is 0 Å². The molecule has 0 bridgehead atoms. The quantitative estimate of drug-likeness (QED) is 0.517. The van der Waals surface area contributed by atoms with Gasteiger partial charge in [0, 0.05) is 36.1 Å². The van der Waals surface area contributed by atoms with Gasteiger partial charge in [0.1, 0.15) is 12.4 Å². The number of piperidine rings is 1. The monoisotopic (exact) mass is 443 g/mol. The summed E-state index contributed by atoms with van der Waals surface area (Å²) in [5, 5.41) is 5.99. The maximum atomic E-state index is 12.7. The number of nitrogens with zero attached hydrogens (tertiary/aromatic N) is 1. The fraction of sp³-hybridized carbons (Fsp3) is 0.259. The summed E-state index contributed by atoms with van der Waals surface area (Å²) in [4.78, 5) is 27.1. The van der Waals surface area contributed by atoms with E-state index in [-0.39, 0.29) is 18.4 Å². The Morgan fingerprint density at radius 3 is 2.39 bits per heavy atom. The van der Waals surface area contributed by atoms with E-state index in [1.165, 1.54) is 6.42 Å². The van der Waals surface area contributed by atoms with Gasteiger partial charge < -0.3 is 20.3 Å². The number of hydrogen-bond acceptors (Lipinski definition) is 4. The Bertz CT molecular complexity index is 1080. The summed E-state index contributed by atoms with van der Waals surface area (Å²) in [6.45, 7) is 2.18. The third-order valence-electron chi connectivity index (χ3n) is 5.57. The summed E-state index contributed by atoms with van der Waals surface area (Å²) in [6.07, 6.45) is 3.30. The molecular formula is C27H29N3O3. The van der Waals surface area contributed by atoms with Crippen molar-refractivity contribution in [1.82, 2.24) is 4.90 Å². The number of likely N-dealkylation sites (tertiary alicyclic amines) is 1. The number of ether oxygens (including phenoxy) is 1. The zero-order valence-corrected chi connectivity index (χ0v) is 18.6. The molecule has 0 radical (unpaired) electrons. The molecule has 0 spiro atoms. The van der Waals surface area contributed by atoms with Crippen LogP contribution in [0.2, 0.25) is 0 Å². The third-order valence-corrected chi connectivity index (χ3v) is 5.57. The first-order valence-corrected chi connectivity index (χ1v) is 11.4. The van der Waals surface area contributed by atoms with Gasteiger partial charge >= 0.3 is 0 Å². The van der Waals surface area contributed by atoms with E-state index in [2.05, 4.69) is 10.6 Å². The number of benzene rings is 3. The first-order valence-electron chi connectivity index (χ1n) is 11.4. The minimum Gasteiger partial charge on any atom is -0.489 e. The van der Waals surface area contributed by atoms with Gasteiger partial charge in [-0.2, -0.15) is 0 Å². The van der Waals surface area contributed by atoms with Gasteiger partial charge in [0.05, 0.1) is 6.54 Å². The first kappa shape index (κ1) is 22.4. The number of rotatable bonds is 8. The van der Waals surface area contributed by atoms with Crippen LogP contribution in [-0.2, 0) is 11.4 Å². The highest BCUT2D eigenvalue weighted by Crippen LogP contribution is 2.19. The maximum Gasteiger partial charge on any atom is 0.253 e. The molecule has 6 heteroatoms. The van der Waals surface area contributed by atoms with Crippen molar-refractivity contribution in [2.24, 2.45) is 0 Å². The van der Waals surface area contributed by atoms with E-state index in [0.29, 0.717) is 23.6 Å². The zero-order valence-electron chi connectivity index (χ0n) is 18.6. The van der Waals surface area contributed by atoms with E-state index < -0.39 is 0 Å². The van der Waals surface area contributed by atoms with Crippen LogP contribution in [0.15, 0.2) is 78.9 Å². The molecule has 0 aromatic heterocycles. The molecule has 2 N–H and O–H groups in total. The molecule has 0 atom stereocenters. The van der Waals surface area contributed by atoms with Gasteiger partial charge in [-0.05, 0) is 55.2 Å². The van der Waals surface area contributed by atoms with E-state index in [4.69, 9.17) is 4.74 Å². The molecular weight excluding hydrogens is 414 g/mol. The van der Waals surface area contributed by atoms with Crippen LogP contribution in [0.1, 0.15) is 35.2 Å². The van der Waals surface area contributed by atoms with Crippen LogP contribution >= 0.6 is 0 Å². The standard InChI is InChI=1S/C27H29N3O3/c31-26(29-24-13-8-14-25(18-24)33-20-21-9-3-1-4-10-21)19-28-23-12-7-11-22(17-23)27(32)30-15-5-2-6-16-30/h1,3-4,7-14,17-18,28H,2,5-6,15-16,19-20H2,(H,29,31). The fourth-order valence-electron chi connectivity index (χ4n) is 3.83. The van der Waals surface area contributed by atoms with Crippen LogP contribution in [0.5, 0.6) is 5.75 Å². The molecule has 2 amide bonds. The number of carbonyl (C=O) groups excluding carboxylic acids is 2. The lowest BCUT2D eigenvalue weighted by atomic mass is 10.1. The Morgan fingerprint density at radius 1 is 0.818 bits per heavy atom. The Balaban J connectivity index is 1.28. The second-order valence-electron chi connectivity index (χ2n) is 8.14. The van der Waals surface area contributed by atoms with Crippen LogP contribution in [0, 0.1) is 0 Å². The third kappa shape index (κ3) is 6.59. The van der Waals surface area contributed by atoms with Crippen molar-refractivity contribution in [3.05, 3.63) is 90.0 Å². The van der Waals surface area contributed by atoms with Crippen molar-refractivity contribution < 1.29 is 14.3 Å². The average Bonchev–Trinajstić information content (AvgIpc) is 2.87. The molecule has 1 aliphatic rings. The molecule has 0 unspecified atom stereocenters. The highest BCUT2D eigenvalue weighted by molar-refractivity contribution is 5.96. The van der Waals surface area contributed by atoms with E-state index in [0.717, 1.165) is 37.2 Å². The lowest BCUT2D eigenvalue weighted by molar-refractivity contribution is -0.114. The Labute approximate surface area is 194 Å². The van der Waals surface area contributed by atoms with Gasteiger partial charge in [0.25, 0.3) is 5.91 Å². The van der Waals surface area contributed by atoms with Crippen molar-refractivity contribution in [2.45, 2.75) is 25.9 Å². The first-order chi connectivity index (χ1) is 16.2. The van der Waals surface area contributed by atoms with Gasteiger partial charge in [-0.15, -0.1) is 0 Å². The van der Waals surface area contributed by atoms with Crippen LogP contribution in [-0.4, -0.2) is 36.3 Å². The summed E-state index contributed by atoms with van der Waals surface area (Å²) < 4.78 is 5.83. The van der Waals surface area contributed by atoms with E-state index in [1.54, 1.807) is 6.07 Å². The second kappa shape index (κ2) is 11.2. The molecule has 3 aromatic carbocycles. The lowest BCUT2D eigenvalue weighted by Crippen LogP contribution is -2.35. The fourth-order valence-corrected chi connectivity index (χ4v) is 3.83. The van der Waals surface area contributed by atoms with Gasteiger partial charge in [-0.1, -0.05) is 42.5 Å². The SMILES string of the molecule is O=C(CNc1cccc(C(=O)N2CCCCC2)c1)Nc1cccc(OCc2ccccc2)c1. The number of amides is 2. The maximum absolute atomic E-state index is 12.7. The molecule has 1 aliphatic heterocycles. The van der Waals surface area contributed by atoms with Crippen molar-refractivity contribution in [3.8, 4) is 5.75 Å². The summed E-state index contributed by atoms with van der Waals surface area (Å²) in [5.41, 5.74) is 3.14. The van der Waals surface area contributed by atoms with Crippen molar-refractivity contribution in [2.75, 3.05) is 30.3 Å². The number of hydrogen-bond donors (Lipinski definition) is 2. The molecule has 3 aromatic rings. The molecule has 0 aliphatic carbocycles. The summed E-state index contributed by atoms with van der Waals surface area (Å²) >= 11 is 0. The smallest absolute Gasteiger partial charge is 0.253 e. The molecule has 1 fully saturated rings. The van der Waals surface area contributed by atoms with Gasteiger partial charge in [-0.25, -0.2) is 0 Å². The zero-order chi connectivity index (χ0) is 22.9. The van der Waals surface area contributed by atoms with E-state index >= 15 is 0 Å². The molecule has 33 heavy (non-hydrogen) atoms. The highest BCUT2D eigenvalue weighted by atomic mass is 16.5. The van der Waals surface area contributed by atoms with Gasteiger partial charge in [-0.3, -0.25) is 9.59 Å². The van der Waals surface area contributed by atoms with Crippen molar-refractivity contribution >= 4 is 23.2 Å². The van der Waals surface area contributed by atoms with Crippen LogP contribution in [0.3, 0.4) is 0 Å². The van der Waals surface area contributed by atoms with Crippen molar-refractivity contribution in [1.29, 1.82) is 0 Å². The normalized spacial score (nSPS) is 13.3. The lowest BCUT2D eigenvalue weighted by Gasteiger charge is -2.26. The van der Waals surface area contributed by atoms with Crippen LogP contribution in [0.4, 0.5) is 11.4 Å². The minimum absolute atomic E-state index is 0.0510.